The molecule has 0 bridgehead atoms. The van der Waals surface area contributed by atoms with Crippen LogP contribution < -0.4 is 0 Å². The molecule has 0 spiro atoms. The number of ketones is 1. The highest BCUT2D eigenvalue weighted by atomic mass is 16.1. The summed E-state index contributed by atoms with van der Waals surface area (Å²) in [5.41, 5.74) is 3.12. The fraction of sp³-hybridized carbons (Fsp3) is 0.211. The lowest BCUT2D eigenvalue weighted by Crippen LogP contribution is -2.18. The molecule has 102 valence electrons. The molecule has 1 nitrogen and oxygen atoms in total. The molecule has 1 heteroatoms. The Morgan fingerprint density at radius 3 is 2.20 bits per heavy atom. The van der Waals surface area contributed by atoms with Crippen molar-refractivity contribution in [1.29, 1.82) is 0 Å². The zero-order valence-corrected chi connectivity index (χ0v) is 12.0. The van der Waals surface area contributed by atoms with Gasteiger partial charge in [0.1, 0.15) is 0 Å². The first-order chi connectivity index (χ1) is 9.63. The van der Waals surface area contributed by atoms with Crippen molar-refractivity contribution in [2.45, 2.75) is 19.8 Å². The molecule has 0 aliphatic rings. The summed E-state index contributed by atoms with van der Waals surface area (Å²) in [5.74, 6) is 0.0944. The van der Waals surface area contributed by atoms with Gasteiger partial charge >= 0.3 is 0 Å². The van der Waals surface area contributed by atoms with Crippen LogP contribution in [0.5, 0.6) is 0 Å². The molecule has 0 amide bonds. The predicted octanol–water partition coefficient (Wildman–Crippen LogP) is 4.78. The molecule has 0 saturated heterocycles. The van der Waals surface area contributed by atoms with E-state index in [-0.39, 0.29) is 17.6 Å². The molecule has 2 aromatic rings. The second kappa shape index (κ2) is 6.33. The largest absolute Gasteiger partial charge is 0.294 e. The zero-order chi connectivity index (χ0) is 14.5. The van der Waals surface area contributed by atoms with Gasteiger partial charge in [0.25, 0.3) is 0 Å². The molecular formula is C19H20O. The van der Waals surface area contributed by atoms with Crippen LogP contribution in [0.4, 0.5) is 0 Å². The van der Waals surface area contributed by atoms with E-state index < -0.39 is 0 Å². The number of hydrogen-bond donors (Lipinski definition) is 0. The minimum absolute atomic E-state index is 0.0447. The van der Waals surface area contributed by atoms with Crippen molar-refractivity contribution in [1.82, 2.24) is 0 Å². The molecular weight excluding hydrogens is 244 g/mol. The smallest absolute Gasteiger partial charge is 0.166 e. The molecule has 2 atom stereocenters. The minimum Gasteiger partial charge on any atom is -0.294 e. The van der Waals surface area contributed by atoms with Crippen LogP contribution in [0.3, 0.4) is 0 Å². The molecule has 0 aromatic heterocycles. The van der Waals surface area contributed by atoms with Gasteiger partial charge in [-0.3, -0.25) is 4.79 Å². The number of carbonyl (C=O) groups is 1. The van der Waals surface area contributed by atoms with Crippen molar-refractivity contribution in [3.8, 4) is 0 Å². The van der Waals surface area contributed by atoms with E-state index in [9.17, 15) is 4.79 Å². The van der Waals surface area contributed by atoms with E-state index in [2.05, 4.69) is 37.8 Å². The van der Waals surface area contributed by atoms with Crippen molar-refractivity contribution in [2.75, 3.05) is 0 Å². The monoisotopic (exact) mass is 264 g/mol. The molecule has 0 N–H and O–H groups in total. The average molecular weight is 264 g/mol. The first kappa shape index (κ1) is 14.3. The Kier molecular flexibility index (Phi) is 4.52. The maximum Gasteiger partial charge on any atom is 0.166 e. The highest BCUT2D eigenvalue weighted by molar-refractivity contribution is 5.98. The Morgan fingerprint density at radius 2 is 1.65 bits per heavy atom. The van der Waals surface area contributed by atoms with Gasteiger partial charge in [-0.05, 0) is 12.5 Å². The Hall–Kier alpha value is -2.15. The van der Waals surface area contributed by atoms with E-state index in [0.29, 0.717) is 0 Å². The van der Waals surface area contributed by atoms with Crippen LogP contribution in [0, 0.1) is 12.8 Å². The molecule has 0 aliphatic heterocycles. The third-order valence-electron chi connectivity index (χ3n) is 3.73. The van der Waals surface area contributed by atoms with Gasteiger partial charge < -0.3 is 0 Å². The molecule has 2 rings (SSSR count). The Morgan fingerprint density at radius 1 is 1.05 bits per heavy atom. The lowest BCUT2D eigenvalue weighted by Gasteiger charge is -2.20. The molecule has 2 aromatic carbocycles. The molecule has 0 fully saturated rings. The van der Waals surface area contributed by atoms with E-state index in [1.807, 2.05) is 43.3 Å². The van der Waals surface area contributed by atoms with Crippen LogP contribution in [0.2, 0.25) is 0 Å². The number of carbonyl (C=O) groups excluding carboxylic acids is 1. The van der Waals surface area contributed by atoms with Crippen LogP contribution in [-0.2, 0) is 0 Å². The van der Waals surface area contributed by atoms with Crippen molar-refractivity contribution >= 4 is 5.78 Å². The summed E-state index contributed by atoms with van der Waals surface area (Å²) in [4.78, 5) is 12.5. The lowest BCUT2D eigenvalue weighted by molar-refractivity contribution is 0.0921. The third-order valence-corrected chi connectivity index (χ3v) is 3.73. The van der Waals surface area contributed by atoms with Gasteiger partial charge in [-0.15, -0.1) is 6.58 Å². The first-order valence-electron chi connectivity index (χ1n) is 6.92. The van der Waals surface area contributed by atoms with Gasteiger partial charge in [0.2, 0.25) is 0 Å². The van der Waals surface area contributed by atoms with Crippen molar-refractivity contribution in [3.05, 3.63) is 83.9 Å². The average Bonchev–Trinajstić information content (AvgIpc) is 2.50. The maximum atomic E-state index is 12.5. The quantitative estimate of drug-likeness (QED) is 0.561. The number of aryl methyl sites for hydroxylation is 1. The topological polar surface area (TPSA) is 17.1 Å². The van der Waals surface area contributed by atoms with Crippen molar-refractivity contribution < 1.29 is 4.79 Å². The van der Waals surface area contributed by atoms with Crippen LogP contribution in [-0.4, -0.2) is 5.78 Å². The van der Waals surface area contributed by atoms with E-state index in [1.165, 1.54) is 5.56 Å². The second-order valence-corrected chi connectivity index (χ2v) is 5.19. The number of Topliss-reactive ketones (excluding diaryl/α,β-unsaturated/α-hetero) is 1. The minimum atomic E-state index is -0.113. The molecule has 0 heterocycles. The molecule has 0 aliphatic carbocycles. The van der Waals surface area contributed by atoms with E-state index in [4.69, 9.17) is 0 Å². The predicted molar refractivity (Wildman–Crippen MR) is 84.1 cm³/mol. The fourth-order valence-electron chi connectivity index (χ4n) is 2.45. The SMILES string of the molecule is C=C[C@H](c1ccc(C)cc1)[C@H](C)C(=O)c1ccccc1. The van der Waals surface area contributed by atoms with E-state index >= 15 is 0 Å². The van der Waals surface area contributed by atoms with Gasteiger partial charge in [0.15, 0.2) is 5.78 Å². The summed E-state index contributed by atoms with van der Waals surface area (Å²) < 4.78 is 0. The summed E-state index contributed by atoms with van der Waals surface area (Å²) in [6.07, 6.45) is 1.87. The number of hydrogen-bond acceptors (Lipinski definition) is 1. The maximum absolute atomic E-state index is 12.5. The molecule has 0 unspecified atom stereocenters. The fourth-order valence-corrected chi connectivity index (χ4v) is 2.45. The molecule has 0 radical (unpaired) electrons. The summed E-state index contributed by atoms with van der Waals surface area (Å²) in [6, 6.07) is 17.8. The summed E-state index contributed by atoms with van der Waals surface area (Å²) in [6.45, 7) is 7.94. The Balaban J connectivity index is 2.25. The van der Waals surface area contributed by atoms with Crippen molar-refractivity contribution in [2.24, 2.45) is 5.92 Å². The number of allylic oxidation sites excluding steroid dienone is 1. The molecule has 0 saturated carbocycles. The van der Waals surface area contributed by atoms with Gasteiger partial charge in [-0.1, -0.05) is 73.2 Å². The third kappa shape index (κ3) is 3.05. The number of benzene rings is 2. The van der Waals surface area contributed by atoms with Gasteiger partial charge in [0, 0.05) is 17.4 Å². The van der Waals surface area contributed by atoms with Gasteiger partial charge in [-0.2, -0.15) is 0 Å². The van der Waals surface area contributed by atoms with E-state index in [1.54, 1.807) is 0 Å². The summed E-state index contributed by atoms with van der Waals surface area (Å²) >= 11 is 0. The van der Waals surface area contributed by atoms with Crippen LogP contribution >= 0.6 is 0 Å². The molecule has 20 heavy (non-hydrogen) atoms. The number of rotatable bonds is 5. The Bertz CT molecular complexity index is 581. The highest BCUT2D eigenvalue weighted by Crippen LogP contribution is 2.28. The van der Waals surface area contributed by atoms with Gasteiger partial charge in [0.05, 0.1) is 0 Å². The highest BCUT2D eigenvalue weighted by Gasteiger charge is 2.23. The summed E-state index contributed by atoms with van der Waals surface area (Å²) in [7, 11) is 0. The standard InChI is InChI=1S/C19H20O/c1-4-18(16-12-10-14(2)11-13-16)15(3)19(20)17-8-6-5-7-9-17/h4-13,15,18H,1H2,2-3H3/t15-,18-/m0/s1. The van der Waals surface area contributed by atoms with E-state index in [0.717, 1.165) is 11.1 Å². The first-order valence-corrected chi connectivity index (χ1v) is 6.92. The van der Waals surface area contributed by atoms with Crippen LogP contribution in [0.1, 0.15) is 34.3 Å². The van der Waals surface area contributed by atoms with Gasteiger partial charge in [-0.25, -0.2) is 0 Å². The normalized spacial score (nSPS) is 13.5. The van der Waals surface area contributed by atoms with Crippen molar-refractivity contribution in [3.63, 3.8) is 0 Å². The van der Waals surface area contributed by atoms with Crippen LogP contribution in [0.15, 0.2) is 67.3 Å². The summed E-state index contributed by atoms with van der Waals surface area (Å²) in [5, 5.41) is 0. The lowest BCUT2D eigenvalue weighted by atomic mass is 9.82. The zero-order valence-electron chi connectivity index (χ0n) is 12.0. The Labute approximate surface area is 121 Å². The van der Waals surface area contributed by atoms with Crippen LogP contribution in [0.25, 0.3) is 0 Å². The second-order valence-electron chi connectivity index (χ2n) is 5.19.